The molecule has 0 aliphatic carbocycles. The van der Waals surface area contributed by atoms with E-state index in [0.717, 1.165) is 5.71 Å². The fourth-order valence-corrected chi connectivity index (χ4v) is 1.31. The van der Waals surface area contributed by atoms with E-state index in [0.29, 0.717) is 24.2 Å². The van der Waals surface area contributed by atoms with E-state index < -0.39 is 0 Å². The van der Waals surface area contributed by atoms with Gasteiger partial charge in [0.2, 0.25) is 5.96 Å². The van der Waals surface area contributed by atoms with Gasteiger partial charge in [-0.05, 0) is 6.92 Å². The van der Waals surface area contributed by atoms with Crippen molar-refractivity contribution in [3.63, 3.8) is 0 Å². The lowest BCUT2D eigenvalue weighted by molar-refractivity contribution is -0.881. The molecule has 0 saturated carbocycles. The maximum Gasteiger partial charge on any atom is 0.302 e. The number of guanidine groups is 1. The summed E-state index contributed by atoms with van der Waals surface area (Å²) in [5.41, 5.74) is 11.2. The van der Waals surface area contributed by atoms with E-state index in [4.69, 9.17) is 16.2 Å². The van der Waals surface area contributed by atoms with Crippen LogP contribution in [-0.2, 0) is 9.53 Å². The average Bonchev–Trinajstić information content (AvgIpc) is 2.12. The van der Waals surface area contributed by atoms with Gasteiger partial charge in [-0.1, -0.05) is 0 Å². The minimum atomic E-state index is -0.268. The standard InChI is InChI=1S/C10H22N5O2/c1-8(13-14-10(11)12)7-15(3,4)5-6-17-9(2)16/h5-7H2,1-4H3,(H4,11,12,14)/q+1/b13-8-. The van der Waals surface area contributed by atoms with Crippen LogP contribution in [0.5, 0.6) is 0 Å². The third-order valence-corrected chi connectivity index (χ3v) is 1.99. The Balaban J connectivity index is 4.19. The molecule has 0 spiro atoms. The minimum Gasteiger partial charge on any atom is -0.460 e. The molecule has 0 aromatic carbocycles. The lowest BCUT2D eigenvalue weighted by Gasteiger charge is -2.28. The first-order valence-electron chi connectivity index (χ1n) is 5.30. The lowest BCUT2D eigenvalue weighted by atomic mass is 10.3. The molecule has 0 heterocycles. The van der Waals surface area contributed by atoms with E-state index in [-0.39, 0.29) is 11.9 Å². The Kier molecular flexibility index (Phi) is 6.19. The van der Waals surface area contributed by atoms with E-state index in [9.17, 15) is 4.79 Å². The number of hydrogen-bond donors (Lipinski definition) is 2. The number of quaternary nitrogens is 1. The number of nitrogens with two attached hydrogens (primary N) is 2. The quantitative estimate of drug-likeness (QED) is 0.211. The van der Waals surface area contributed by atoms with Gasteiger partial charge in [0.15, 0.2) is 0 Å². The summed E-state index contributed by atoms with van der Waals surface area (Å²) in [5, 5.41) is 7.47. The molecular weight excluding hydrogens is 222 g/mol. The normalized spacial score (nSPS) is 12.1. The largest absolute Gasteiger partial charge is 0.460 e. The molecule has 0 bridgehead atoms. The van der Waals surface area contributed by atoms with Gasteiger partial charge in [-0.2, -0.15) is 5.10 Å². The number of carbonyl (C=O) groups excluding carboxylic acids is 1. The first-order valence-corrected chi connectivity index (χ1v) is 5.30. The molecule has 0 atom stereocenters. The smallest absolute Gasteiger partial charge is 0.302 e. The number of hydrogen-bond acceptors (Lipinski definition) is 4. The summed E-state index contributed by atoms with van der Waals surface area (Å²) in [5.74, 6) is -0.328. The molecule has 0 amide bonds. The van der Waals surface area contributed by atoms with Crippen LogP contribution in [0.4, 0.5) is 0 Å². The molecule has 17 heavy (non-hydrogen) atoms. The van der Waals surface area contributed by atoms with Crippen LogP contribution < -0.4 is 11.5 Å². The molecule has 7 nitrogen and oxygen atoms in total. The van der Waals surface area contributed by atoms with Gasteiger partial charge in [-0.3, -0.25) is 4.79 Å². The van der Waals surface area contributed by atoms with E-state index in [1.54, 1.807) is 0 Å². The molecule has 0 aliphatic heterocycles. The second kappa shape index (κ2) is 6.85. The lowest BCUT2D eigenvalue weighted by Crippen LogP contribution is -2.45. The maximum absolute atomic E-state index is 10.6. The number of carbonyl (C=O) groups is 1. The van der Waals surface area contributed by atoms with Crippen molar-refractivity contribution in [1.29, 1.82) is 0 Å². The predicted octanol–water partition coefficient (Wildman–Crippen LogP) is -0.725. The van der Waals surface area contributed by atoms with Crippen molar-refractivity contribution in [2.24, 2.45) is 21.7 Å². The van der Waals surface area contributed by atoms with Crippen LogP contribution in [0.3, 0.4) is 0 Å². The highest BCUT2D eigenvalue weighted by Gasteiger charge is 2.16. The summed E-state index contributed by atoms with van der Waals surface area (Å²) in [6.45, 7) is 5.01. The van der Waals surface area contributed by atoms with Gasteiger partial charge in [0.05, 0.1) is 19.8 Å². The molecular formula is C10H22N5O2+. The zero-order valence-corrected chi connectivity index (χ0v) is 10.9. The van der Waals surface area contributed by atoms with E-state index in [1.165, 1.54) is 6.92 Å². The zero-order valence-electron chi connectivity index (χ0n) is 10.9. The van der Waals surface area contributed by atoms with Crippen molar-refractivity contribution in [3.8, 4) is 0 Å². The van der Waals surface area contributed by atoms with Crippen molar-refractivity contribution in [1.82, 2.24) is 0 Å². The van der Waals surface area contributed by atoms with Crippen LogP contribution in [0.1, 0.15) is 13.8 Å². The van der Waals surface area contributed by atoms with Crippen molar-refractivity contribution in [3.05, 3.63) is 0 Å². The first-order chi connectivity index (χ1) is 7.73. The van der Waals surface area contributed by atoms with Crippen LogP contribution in [0.2, 0.25) is 0 Å². The van der Waals surface area contributed by atoms with Gasteiger partial charge in [0, 0.05) is 6.92 Å². The minimum absolute atomic E-state index is 0.0606. The van der Waals surface area contributed by atoms with E-state index in [1.807, 2.05) is 21.0 Å². The topological polar surface area (TPSA) is 103 Å². The monoisotopic (exact) mass is 244 g/mol. The molecule has 0 aromatic heterocycles. The van der Waals surface area contributed by atoms with Gasteiger partial charge < -0.3 is 20.7 Å². The highest BCUT2D eigenvalue weighted by atomic mass is 16.5. The fraction of sp³-hybridized carbons (Fsp3) is 0.700. The average molecular weight is 244 g/mol. The second-order valence-electron chi connectivity index (χ2n) is 4.52. The van der Waals surface area contributed by atoms with Crippen LogP contribution in [0.25, 0.3) is 0 Å². The summed E-state index contributed by atoms with van der Waals surface area (Å²) < 4.78 is 5.54. The van der Waals surface area contributed by atoms with Crippen LogP contribution in [-0.4, -0.2) is 55.9 Å². The highest BCUT2D eigenvalue weighted by molar-refractivity contribution is 5.84. The van der Waals surface area contributed by atoms with E-state index >= 15 is 0 Å². The van der Waals surface area contributed by atoms with Gasteiger partial charge >= 0.3 is 5.97 Å². The maximum atomic E-state index is 10.6. The first kappa shape index (κ1) is 15.4. The summed E-state index contributed by atoms with van der Waals surface area (Å²) in [6, 6.07) is 0. The molecule has 98 valence electrons. The number of ether oxygens (including phenoxy) is 1. The third-order valence-electron chi connectivity index (χ3n) is 1.99. The van der Waals surface area contributed by atoms with Gasteiger partial charge in [0.1, 0.15) is 19.7 Å². The van der Waals surface area contributed by atoms with Gasteiger partial charge in [-0.25, -0.2) is 0 Å². The molecule has 0 radical (unpaired) electrons. The van der Waals surface area contributed by atoms with Crippen LogP contribution >= 0.6 is 0 Å². The van der Waals surface area contributed by atoms with Crippen molar-refractivity contribution < 1.29 is 14.0 Å². The summed E-state index contributed by atoms with van der Waals surface area (Å²) in [6.07, 6.45) is 0. The Labute approximate surface area is 102 Å². The Hall–Kier alpha value is -1.63. The summed E-state index contributed by atoms with van der Waals surface area (Å²) in [7, 11) is 4.02. The Morgan fingerprint density at radius 1 is 1.24 bits per heavy atom. The Bertz CT molecular complexity index is 319. The Morgan fingerprint density at radius 3 is 2.29 bits per heavy atom. The molecule has 4 N–H and O–H groups in total. The Morgan fingerprint density at radius 2 is 1.82 bits per heavy atom. The molecule has 7 heteroatoms. The van der Waals surface area contributed by atoms with Crippen LogP contribution in [0, 0.1) is 0 Å². The highest BCUT2D eigenvalue weighted by Crippen LogP contribution is 1.98. The third kappa shape index (κ3) is 9.31. The SMILES string of the molecule is CC(=O)OCC[N+](C)(C)C/C(C)=N\N=C(N)N. The van der Waals surface area contributed by atoms with Crippen molar-refractivity contribution in [2.75, 3.05) is 33.8 Å². The molecule has 0 aliphatic rings. The molecule has 0 fully saturated rings. The molecule has 0 rings (SSSR count). The molecule has 0 aromatic rings. The molecule has 0 saturated heterocycles. The fourth-order valence-electron chi connectivity index (χ4n) is 1.31. The van der Waals surface area contributed by atoms with Gasteiger partial charge in [-0.15, -0.1) is 5.10 Å². The van der Waals surface area contributed by atoms with Crippen LogP contribution in [0.15, 0.2) is 10.2 Å². The predicted molar refractivity (Wildman–Crippen MR) is 67.4 cm³/mol. The summed E-state index contributed by atoms with van der Waals surface area (Å²) in [4.78, 5) is 10.6. The number of nitrogens with zero attached hydrogens (tertiary/aromatic N) is 3. The number of likely N-dealkylation sites (N-methyl/N-ethyl adjacent to an activating group) is 1. The van der Waals surface area contributed by atoms with E-state index in [2.05, 4.69) is 10.2 Å². The van der Waals surface area contributed by atoms with Gasteiger partial charge in [0.25, 0.3) is 0 Å². The van der Waals surface area contributed by atoms with Crippen molar-refractivity contribution in [2.45, 2.75) is 13.8 Å². The number of esters is 1. The summed E-state index contributed by atoms with van der Waals surface area (Å²) >= 11 is 0. The number of rotatable bonds is 6. The zero-order chi connectivity index (χ0) is 13.5. The second-order valence-corrected chi connectivity index (χ2v) is 4.52. The van der Waals surface area contributed by atoms with Crippen molar-refractivity contribution >= 4 is 17.6 Å². The molecule has 0 unspecified atom stereocenters.